The van der Waals surface area contributed by atoms with E-state index in [0.29, 0.717) is 19.4 Å². The zero-order valence-corrected chi connectivity index (χ0v) is 17.5. The molecule has 7 nitrogen and oxygen atoms in total. The highest BCUT2D eigenvalue weighted by atomic mass is 19.3. The number of hydrogen-bond acceptors (Lipinski definition) is 4. The third-order valence-corrected chi connectivity index (χ3v) is 5.17. The average molecular weight is 425 g/mol. The van der Waals surface area contributed by atoms with Crippen molar-refractivity contribution in [1.82, 2.24) is 15.5 Å². The van der Waals surface area contributed by atoms with Crippen molar-refractivity contribution < 1.29 is 27.9 Å². The maximum atomic E-state index is 12.9. The molecule has 3 amide bonds. The first-order chi connectivity index (χ1) is 14.2. The van der Waals surface area contributed by atoms with Crippen molar-refractivity contribution in [2.75, 3.05) is 13.1 Å². The lowest BCUT2D eigenvalue weighted by Crippen LogP contribution is -2.51. The Morgan fingerprint density at radius 1 is 1.20 bits per heavy atom. The zero-order chi connectivity index (χ0) is 22.3. The molecule has 1 saturated heterocycles. The number of nitrogens with one attached hydrogen (secondary N) is 2. The molecule has 1 aliphatic rings. The molecule has 3 unspecified atom stereocenters. The van der Waals surface area contributed by atoms with E-state index < -0.39 is 24.5 Å². The fourth-order valence-corrected chi connectivity index (χ4v) is 3.25. The minimum absolute atomic E-state index is 0.00942. The molecule has 1 aromatic rings. The summed E-state index contributed by atoms with van der Waals surface area (Å²) >= 11 is 0. The van der Waals surface area contributed by atoms with Crippen LogP contribution in [0.25, 0.3) is 0 Å². The number of carbonyl (C=O) groups is 3. The van der Waals surface area contributed by atoms with E-state index in [2.05, 4.69) is 15.4 Å². The number of halogens is 2. The Bertz CT molecular complexity index is 760. The summed E-state index contributed by atoms with van der Waals surface area (Å²) in [6, 6.07) is 5.12. The molecule has 0 aromatic heterocycles. The first-order valence-electron chi connectivity index (χ1n) is 10.2. The summed E-state index contributed by atoms with van der Waals surface area (Å²) in [5, 5.41) is 5.52. The number of nitrogens with zero attached hydrogens (tertiary/aromatic N) is 1. The fourth-order valence-electron chi connectivity index (χ4n) is 3.25. The van der Waals surface area contributed by atoms with Crippen LogP contribution in [0.5, 0.6) is 5.75 Å². The number of alkyl halides is 2. The lowest BCUT2D eigenvalue weighted by atomic mass is 9.96. The monoisotopic (exact) mass is 425 g/mol. The largest absolute Gasteiger partial charge is 0.434 e. The van der Waals surface area contributed by atoms with Gasteiger partial charge in [0.2, 0.25) is 11.8 Å². The van der Waals surface area contributed by atoms with Gasteiger partial charge >= 0.3 is 6.61 Å². The average Bonchev–Trinajstić information content (AvgIpc) is 2.73. The minimum atomic E-state index is -3.04. The zero-order valence-electron chi connectivity index (χ0n) is 17.5. The van der Waals surface area contributed by atoms with E-state index in [-0.39, 0.29) is 35.7 Å². The van der Waals surface area contributed by atoms with Gasteiger partial charge in [-0.25, -0.2) is 0 Å². The van der Waals surface area contributed by atoms with Crippen LogP contribution in [-0.4, -0.2) is 54.4 Å². The number of para-hydroxylation sites is 1. The molecule has 0 saturated carbocycles. The van der Waals surface area contributed by atoms with Crippen LogP contribution in [0.4, 0.5) is 8.78 Å². The van der Waals surface area contributed by atoms with Gasteiger partial charge in [0.05, 0.1) is 11.5 Å². The Labute approximate surface area is 175 Å². The number of ether oxygens (including phenoxy) is 1. The summed E-state index contributed by atoms with van der Waals surface area (Å²) in [5.74, 6) is -1.72. The fraction of sp³-hybridized carbons (Fsp3) is 0.571. The number of rotatable bonds is 8. The first kappa shape index (κ1) is 23.6. The molecular formula is C21H29F2N3O4. The van der Waals surface area contributed by atoms with E-state index in [9.17, 15) is 23.2 Å². The molecule has 1 aromatic carbocycles. The van der Waals surface area contributed by atoms with E-state index >= 15 is 0 Å². The predicted octanol–water partition coefficient (Wildman–Crippen LogP) is 2.56. The maximum absolute atomic E-state index is 12.9. The van der Waals surface area contributed by atoms with E-state index in [4.69, 9.17) is 0 Å². The Hall–Kier alpha value is -2.71. The molecule has 2 N–H and O–H groups in total. The van der Waals surface area contributed by atoms with E-state index in [1.54, 1.807) is 13.0 Å². The van der Waals surface area contributed by atoms with Gasteiger partial charge in [-0.05, 0) is 45.2 Å². The second-order valence-electron chi connectivity index (χ2n) is 7.51. The molecular weight excluding hydrogens is 396 g/mol. The van der Waals surface area contributed by atoms with Crippen LogP contribution < -0.4 is 15.4 Å². The van der Waals surface area contributed by atoms with Crippen LogP contribution in [0.1, 0.15) is 50.4 Å². The van der Waals surface area contributed by atoms with E-state index in [1.807, 2.05) is 13.8 Å². The molecule has 0 spiro atoms. The molecule has 30 heavy (non-hydrogen) atoms. The van der Waals surface area contributed by atoms with Crippen LogP contribution in [-0.2, 0) is 9.59 Å². The predicted molar refractivity (Wildman–Crippen MR) is 107 cm³/mol. The summed E-state index contributed by atoms with van der Waals surface area (Å²) in [4.78, 5) is 39.1. The lowest BCUT2D eigenvalue weighted by Gasteiger charge is -2.33. The van der Waals surface area contributed by atoms with Crippen molar-refractivity contribution >= 4 is 17.7 Å². The van der Waals surface area contributed by atoms with Gasteiger partial charge in [-0.3, -0.25) is 14.4 Å². The van der Waals surface area contributed by atoms with Crippen molar-refractivity contribution in [3.05, 3.63) is 29.8 Å². The van der Waals surface area contributed by atoms with Crippen molar-refractivity contribution in [3.63, 3.8) is 0 Å². The molecule has 1 heterocycles. The summed E-state index contributed by atoms with van der Waals surface area (Å²) in [6.45, 7) is 2.96. The van der Waals surface area contributed by atoms with Gasteiger partial charge in [0.1, 0.15) is 11.8 Å². The smallest absolute Gasteiger partial charge is 0.387 e. The maximum Gasteiger partial charge on any atom is 0.387 e. The summed E-state index contributed by atoms with van der Waals surface area (Å²) in [7, 11) is 0. The quantitative estimate of drug-likeness (QED) is 0.670. The number of likely N-dealkylation sites (tertiary alicyclic amines) is 1. The number of benzene rings is 1. The SMILES string of the molecule is CCC(C)NC(=O)C(C)NC(=O)C1CCCN(C(=O)c2ccccc2OC(F)F)C1. The molecule has 0 bridgehead atoms. The van der Waals surface area contributed by atoms with Crippen LogP contribution in [0.3, 0.4) is 0 Å². The van der Waals surface area contributed by atoms with Gasteiger partial charge in [-0.2, -0.15) is 8.78 Å². The van der Waals surface area contributed by atoms with Gasteiger partial charge < -0.3 is 20.3 Å². The highest BCUT2D eigenvalue weighted by molar-refractivity contribution is 5.97. The van der Waals surface area contributed by atoms with Gasteiger partial charge in [0.25, 0.3) is 5.91 Å². The van der Waals surface area contributed by atoms with Crippen molar-refractivity contribution in [3.8, 4) is 5.75 Å². The highest BCUT2D eigenvalue weighted by Gasteiger charge is 2.31. The Kier molecular flexibility index (Phi) is 8.56. The third kappa shape index (κ3) is 6.40. The second-order valence-corrected chi connectivity index (χ2v) is 7.51. The van der Waals surface area contributed by atoms with E-state index in [0.717, 1.165) is 6.42 Å². The van der Waals surface area contributed by atoms with Crippen molar-refractivity contribution in [2.24, 2.45) is 5.92 Å². The number of amides is 3. The van der Waals surface area contributed by atoms with Gasteiger partial charge in [-0.1, -0.05) is 19.1 Å². The van der Waals surface area contributed by atoms with Crippen LogP contribution >= 0.6 is 0 Å². The molecule has 0 aliphatic carbocycles. The summed E-state index contributed by atoms with van der Waals surface area (Å²) in [6.07, 6.45) is 1.95. The van der Waals surface area contributed by atoms with Crippen molar-refractivity contribution in [2.45, 2.75) is 58.7 Å². The van der Waals surface area contributed by atoms with Crippen LogP contribution in [0.15, 0.2) is 24.3 Å². The van der Waals surface area contributed by atoms with Crippen LogP contribution in [0, 0.1) is 5.92 Å². The Balaban J connectivity index is 2.00. The third-order valence-electron chi connectivity index (χ3n) is 5.17. The van der Waals surface area contributed by atoms with Crippen LogP contribution in [0.2, 0.25) is 0 Å². The molecule has 0 radical (unpaired) electrons. The Morgan fingerprint density at radius 2 is 1.90 bits per heavy atom. The Morgan fingerprint density at radius 3 is 2.57 bits per heavy atom. The summed E-state index contributed by atoms with van der Waals surface area (Å²) in [5.41, 5.74) is 0.0279. The molecule has 166 valence electrons. The van der Waals surface area contributed by atoms with Gasteiger partial charge in [-0.15, -0.1) is 0 Å². The first-order valence-corrected chi connectivity index (χ1v) is 10.2. The van der Waals surface area contributed by atoms with E-state index in [1.165, 1.54) is 23.1 Å². The number of piperidine rings is 1. The molecule has 2 rings (SSSR count). The van der Waals surface area contributed by atoms with Gasteiger partial charge in [0.15, 0.2) is 0 Å². The highest BCUT2D eigenvalue weighted by Crippen LogP contribution is 2.25. The van der Waals surface area contributed by atoms with Crippen molar-refractivity contribution in [1.29, 1.82) is 0 Å². The number of hydrogen-bond donors (Lipinski definition) is 2. The molecule has 3 atom stereocenters. The molecule has 1 fully saturated rings. The summed E-state index contributed by atoms with van der Waals surface area (Å²) < 4.78 is 29.7. The molecule has 9 heteroatoms. The topological polar surface area (TPSA) is 87.7 Å². The van der Waals surface area contributed by atoms with Gasteiger partial charge in [0, 0.05) is 19.1 Å². The molecule has 1 aliphatic heterocycles. The number of carbonyl (C=O) groups excluding carboxylic acids is 3. The standard InChI is InChI=1S/C21H29F2N3O4/c1-4-13(2)24-18(27)14(3)25-19(28)15-8-7-11-26(12-15)20(29)16-9-5-6-10-17(16)30-21(22)23/h5-6,9-10,13-15,21H,4,7-8,11-12H2,1-3H3,(H,24,27)(H,25,28). The second kappa shape index (κ2) is 10.9. The normalized spacial score (nSPS) is 18.5. The minimum Gasteiger partial charge on any atom is -0.434 e. The lowest BCUT2D eigenvalue weighted by molar-refractivity contribution is -0.131.